The van der Waals surface area contributed by atoms with E-state index in [0.717, 1.165) is 38.2 Å². The number of hydrogen-bond acceptors (Lipinski definition) is 3. The molecule has 22 heavy (non-hydrogen) atoms. The molecule has 0 aliphatic heterocycles. The number of nitrogens with one attached hydrogen (secondary N) is 2. The predicted octanol–water partition coefficient (Wildman–Crippen LogP) is 2.24. The Kier molecular flexibility index (Phi) is 10.1. The fraction of sp³-hybridized carbons (Fsp3) is 0.750. The number of amides is 1. The van der Waals surface area contributed by atoms with Crippen LogP contribution in [0.3, 0.4) is 0 Å². The van der Waals surface area contributed by atoms with Crippen molar-refractivity contribution in [3.8, 4) is 0 Å². The molecule has 1 rings (SSSR count). The van der Waals surface area contributed by atoms with Gasteiger partial charge in [-0.15, -0.1) is 12.4 Å². The van der Waals surface area contributed by atoms with Crippen molar-refractivity contribution < 1.29 is 4.79 Å². The topological polar surface area (TPSA) is 58.9 Å². The summed E-state index contributed by atoms with van der Waals surface area (Å²) in [5.74, 6) is 0.702. The van der Waals surface area contributed by atoms with E-state index in [9.17, 15) is 4.79 Å². The predicted molar refractivity (Wildman–Crippen MR) is 93.7 cm³/mol. The molecule has 0 spiro atoms. The maximum absolute atomic E-state index is 11.8. The van der Waals surface area contributed by atoms with Gasteiger partial charge in [-0.05, 0) is 51.8 Å². The van der Waals surface area contributed by atoms with Gasteiger partial charge in [-0.2, -0.15) is 5.10 Å². The number of carbonyl (C=O) groups excluding carboxylic acids is 1. The van der Waals surface area contributed by atoms with E-state index in [1.807, 2.05) is 14.0 Å². The molecular formula is C16H31ClN4O. The minimum atomic E-state index is 0. The summed E-state index contributed by atoms with van der Waals surface area (Å²) in [6.45, 7) is 11.1. The van der Waals surface area contributed by atoms with Crippen LogP contribution >= 0.6 is 12.4 Å². The molecule has 0 fully saturated rings. The van der Waals surface area contributed by atoms with Crippen LogP contribution in [0, 0.1) is 19.8 Å². The summed E-state index contributed by atoms with van der Waals surface area (Å²) in [4.78, 5) is 11.8. The van der Waals surface area contributed by atoms with E-state index in [-0.39, 0.29) is 18.3 Å². The quantitative estimate of drug-likeness (QED) is 0.683. The van der Waals surface area contributed by atoms with Crippen molar-refractivity contribution in [2.45, 2.75) is 53.5 Å². The first-order valence-corrected chi connectivity index (χ1v) is 7.89. The van der Waals surface area contributed by atoms with Crippen molar-refractivity contribution >= 4 is 18.3 Å². The van der Waals surface area contributed by atoms with Gasteiger partial charge in [0, 0.05) is 25.2 Å². The van der Waals surface area contributed by atoms with Crippen LogP contribution in [0.4, 0.5) is 0 Å². The van der Waals surface area contributed by atoms with Crippen LogP contribution in [0.25, 0.3) is 0 Å². The summed E-state index contributed by atoms with van der Waals surface area (Å²) in [5, 5.41) is 10.6. The number of aryl methyl sites for hydroxylation is 1. The van der Waals surface area contributed by atoms with Gasteiger partial charge >= 0.3 is 0 Å². The largest absolute Gasteiger partial charge is 0.356 e. The third-order valence-electron chi connectivity index (χ3n) is 3.60. The first-order chi connectivity index (χ1) is 9.95. The number of aromatic nitrogens is 2. The second kappa shape index (κ2) is 10.6. The molecule has 0 radical (unpaired) electrons. The van der Waals surface area contributed by atoms with E-state index in [1.54, 1.807) is 0 Å². The summed E-state index contributed by atoms with van der Waals surface area (Å²) < 4.78 is 2.07. The monoisotopic (exact) mass is 330 g/mol. The molecule has 0 aliphatic carbocycles. The van der Waals surface area contributed by atoms with E-state index in [0.29, 0.717) is 12.3 Å². The highest BCUT2D eigenvalue weighted by molar-refractivity contribution is 5.85. The van der Waals surface area contributed by atoms with Gasteiger partial charge in [0.1, 0.15) is 0 Å². The second-order valence-electron chi connectivity index (χ2n) is 6.03. The molecule has 128 valence electrons. The van der Waals surface area contributed by atoms with Crippen molar-refractivity contribution in [2.75, 3.05) is 20.1 Å². The zero-order chi connectivity index (χ0) is 15.8. The van der Waals surface area contributed by atoms with Crippen molar-refractivity contribution in [3.63, 3.8) is 0 Å². The van der Waals surface area contributed by atoms with Crippen LogP contribution in [-0.4, -0.2) is 35.8 Å². The Morgan fingerprint density at radius 2 is 1.95 bits per heavy atom. The molecule has 5 nitrogen and oxygen atoms in total. The van der Waals surface area contributed by atoms with E-state index in [4.69, 9.17) is 0 Å². The van der Waals surface area contributed by atoms with Gasteiger partial charge in [0.25, 0.3) is 0 Å². The summed E-state index contributed by atoms with van der Waals surface area (Å²) in [5.41, 5.74) is 3.47. The Morgan fingerprint density at radius 1 is 1.27 bits per heavy atom. The van der Waals surface area contributed by atoms with Crippen molar-refractivity contribution in [1.29, 1.82) is 0 Å². The third-order valence-corrected chi connectivity index (χ3v) is 3.60. The van der Waals surface area contributed by atoms with Gasteiger partial charge in [-0.25, -0.2) is 0 Å². The van der Waals surface area contributed by atoms with Crippen LogP contribution in [0.2, 0.25) is 0 Å². The molecule has 2 N–H and O–H groups in total. The molecule has 0 aromatic carbocycles. The summed E-state index contributed by atoms with van der Waals surface area (Å²) in [6.07, 6.45) is 2.27. The van der Waals surface area contributed by atoms with Crippen LogP contribution in [-0.2, 0) is 17.8 Å². The maximum atomic E-state index is 11.8. The van der Waals surface area contributed by atoms with Crippen LogP contribution < -0.4 is 10.6 Å². The molecule has 1 aromatic heterocycles. The number of rotatable bonds is 9. The average Bonchev–Trinajstić information content (AvgIpc) is 2.67. The number of halogens is 1. The normalized spacial score (nSPS) is 10.6. The second-order valence-corrected chi connectivity index (χ2v) is 6.03. The smallest absolute Gasteiger partial charge is 0.220 e. The Labute approximate surface area is 140 Å². The van der Waals surface area contributed by atoms with Crippen molar-refractivity contribution in [2.24, 2.45) is 5.92 Å². The Balaban J connectivity index is 0.00000441. The van der Waals surface area contributed by atoms with Gasteiger partial charge in [-0.3, -0.25) is 9.48 Å². The molecule has 0 aliphatic rings. The Bertz CT molecular complexity index is 457. The van der Waals surface area contributed by atoms with Gasteiger partial charge < -0.3 is 10.6 Å². The lowest BCUT2D eigenvalue weighted by molar-refractivity contribution is -0.121. The number of nitrogens with zero attached hydrogens (tertiary/aromatic N) is 2. The fourth-order valence-corrected chi connectivity index (χ4v) is 2.44. The van der Waals surface area contributed by atoms with Gasteiger partial charge in [0.2, 0.25) is 5.91 Å². The lowest BCUT2D eigenvalue weighted by Crippen LogP contribution is -2.26. The van der Waals surface area contributed by atoms with Gasteiger partial charge in [0.15, 0.2) is 0 Å². The highest BCUT2D eigenvalue weighted by atomic mass is 35.5. The molecule has 6 heteroatoms. The minimum Gasteiger partial charge on any atom is -0.356 e. The zero-order valence-electron chi connectivity index (χ0n) is 14.5. The zero-order valence-corrected chi connectivity index (χ0v) is 15.3. The maximum Gasteiger partial charge on any atom is 0.220 e. The molecule has 1 heterocycles. The molecule has 0 unspecified atom stereocenters. The first-order valence-electron chi connectivity index (χ1n) is 7.89. The molecule has 1 aromatic rings. The van der Waals surface area contributed by atoms with Crippen molar-refractivity contribution in [3.05, 3.63) is 17.0 Å². The average molecular weight is 331 g/mol. The van der Waals surface area contributed by atoms with Crippen LogP contribution in [0.15, 0.2) is 0 Å². The molecule has 0 bridgehead atoms. The fourth-order valence-electron chi connectivity index (χ4n) is 2.44. The molecule has 0 saturated carbocycles. The standard InChI is InChI=1S/C16H30N4O.ClH/c1-12(2)11-20-14(4)15(13(3)19-20)7-8-16(21)18-10-6-9-17-5;/h12,17H,6-11H2,1-5H3,(H,18,21);1H. The minimum absolute atomic E-state index is 0. The van der Waals surface area contributed by atoms with E-state index in [1.165, 1.54) is 11.3 Å². The molecule has 0 saturated heterocycles. The summed E-state index contributed by atoms with van der Waals surface area (Å²) >= 11 is 0. The number of hydrogen-bond donors (Lipinski definition) is 2. The van der Waals surface area contributed by atoms with Gasteiger partial charge in [-0.1, -0.05) is 13.8 Å². The molecule has 1 amide bonds. The van der Waals surface area contributed by atoms with Crippen LogP contribution in [0.1, 0.15) is 43.6 Å². The summed E-state index contributed by atoms with van der Waals surface area (Å²) in [6, 6.07) is 0. The highest BCUT2D eigenvalue weighted by Crippen LogP contribution is 2.16. The third kappa shape index (κ3) is 6.79. The SMILES string of the molecule is CNCCCNC(=O)CCc1c(C)nn(CC(C)C)c1C.Cl. The van der Waals surface area contributed by atoms with E-state index >= 15 is 0 Å². The van der Waals surface area contributed by atoms with Crippen LogP contribution in [0.5, 0.6) is 0 Å². The van der Waals surface area contributed by atoms with E-state index in [2.05, 4.69) is 41.2 Å². The first kappa shape index (κ1) is 20.9. The van der Waals surface area contributed by atoms with Crippen molar-refractivity contribution in [1.82, 2.24) is 20.4 Å². The Hall–Kier alpha value is -1.07. The van der Waals surface area contributed by atoms with Gasteiger partial charge in [0.05, 0.1) is 5.69 Å². The number of carbonyl (C=O) groups is 1. The lowest BCUT2D eigenvalue weighted by Gasteiger charge is -2.08. The summed E-state index contributed by atoms with van der Waals surface area (Å²) in [7, 11) is 1.92. The van der Waals surface area contributed by atoms with E-state index < -0.39 is 0 Å². The molecule has 0 atom stereocenters. The molecular weight excluding hydrogens is 300 g/mol. The lowest BCUT2D eigenvalue weighted by atomic mass is 10.1. The highest BCUT2D eigenvalue weighted by Gasteiger charge is 2.13. The Morgan fingerprint density at radius 3 is 2.55 bits per heavy atom.